The second-order valence-corrected chi connectivity index (χ2v) is 6.18. The smallest absolute Gasteiger partial charge is 0.0756 e. The van der Waals surface area contributed by atoms with Gasteiger partial charge >= 0.3 is 0 Å². The number of rotatable bonds is 1. The lowest BCUT2D eigenvalue weighted by Crippen LogP contribution is -2.46. The van der Waals surface area contributed by atoms with Crippen LogP contribution in [0.15, 0.2) is 0 Å². The predicted molar refractivity (Wildman–Crippen MR) is 58.1 cm³/mol. The highest BCUT2D eigenvalue weighted by Gasteiger charge is 2.66. The van der Waals surface area contributed by atoms with Crippen molar-refractivity contribution in [2.45, 2.75) is 45.8 Å². The minimum Gasteiger partial charge on any atom is -0.391 e. The van der Waals surface area contributed by atoms with Crippen molar-refractivity contribution in [1.82, 2.24) is 4.90 Å². The molecule has 2 aliphatic carbocycles. The highest BCUT2D eigenvalue weighted by molar-refractivity contribution is 5.16. The van der Waals surface area contributed by atoms with Crippen LogP contribution in [0, 0.1) is 16.7 Å². The Labute approximate surface area is 87.3 Å². The highest BCUT2D eigenvalue weighted by atomic mass is 16.3. The van der Waals surface area contributed by atoms with Crippen LogP contribution in [0.25, 0.3) is 0 Å². The Bertz CT molecular complexity index is 249. The molecule has 2 saturated carbocycles. The van der Waals surface area contributed by atoms with E-state index >= 15 is 0 Å². The first-order valence-electron chi connectivity index (χ1n) is 5.67. The first-order chi connectivity index (χ1) is 6.32. The molecule has 2 bridgehead atoms. The minimum absolute atomic E-state index is 0.132. The van der Waals surface area contributed by atoms with Crippen molar-refractivity contribution in [3.63, 3.8) is 0 Å². The van der Waals surface area contributed by atoms with Crippen LogP contribution < -0.4 is 0 Å². The summed E-state index contributed by atoms with van der Waals surface area (Å²) < 4.78 is 0. The third kappa shape index (κ3) is 0.938. The summed E-state index contributed by atoms with van der Waals surface area (Å²) in [6.45, 7) is 6.93. The molecule has 0 aliphatic heterocycles. The summed E-state index contributed by atoms with van der Waals surface area (Å²) in [5.41, 5.74) is 0.425. The van der Waals surface area contributed by atoms with E-state index < -0.39 is 0 Å². The fourth-order valence-corrected chi connectivity index (χ4v) is 3.93. The Kier molecular flexibility index (Phi) is 2.04. The molecule has 2 heteroatoms. The lowest BCUT2D eigenvalue weighted by atomic mass is 9.70. The standard InChI is InChI=1S/C12H23NO/c1-11(2)8-6-7-12(11,3)10(14)9(8)13(4)5/h8-10,14H,6-7H2,1-5H3/t8-,9+,10+,12+/m0/s1. The Morgan fingerprint density at radius 1 is 1.21 bits per heavy atom. The first-order valence-corrected chi connectivity index (χ1v) is 5.67. The molecule has 0 aromatic carbocycles. The number of aliphatic hydroxyl groups excluding tert-OH is 1. The number of likely N-dealkylation sites (N-methyl/N-ethyl adjacent to an activating group) is 1. The Morgan fingerprint density at radius 3 is 2.07 bits per heavy atom. The van der Waals surface area contributed by atoms with Crippen LogP contribution in [0.1, 0.15) is 33.6 Å². The van der Waals surface area contributed by atoms with Gasteiger partial charge in [-0.25, -0.2) is 0 Å². The molecular weight excluding hydrogens is 174 g/mol. The van der Waals surface area contributed by atoms with Gasteiger partial charge in [0.2, 0.25) is 0 Å². The zero-order valence-corrected chi connectivity index (χ0v) is 10.0. The lowest BCUT2D eigenvalue weighted by molar-refractivity contribution is -0.0195. The second kappa shape index (κ2) is 2.73. The van der Waals surface area contributed by atoms with E-state index in [0.29, 0.717) is 17.4 Å². The molecule has 2 fully saturated rings. The summed E-state index contributed by atoms with van der Waals surface area (Å²) in [5, 5.41) is 10.4. The van der Waals surface area contributed by atoms with Crippen molar-refractivity contribution in [1.29, 1.82) is 0 Å². The summed E-state index contributed by atoms with van der Waals surface area (Å²) in [7, 11) is 4.18. The van der Waals surface area contributed by atoms with E-state index in [1.807, 2.05) is 0 Å². The Balaban J connectivity index is 2.39. The van der Waals surface area contributed by atoms with Crippen LogP contribution in [0.4, 0.5) is 0 Å². The van der Waals surface area contributed by atoms with Gasteiger partial charge in [-0.15, -0.1) is 0 Å². The fraction of sp³-hybridized carbons (Fsp3) is 1.00. The third-order valence-corrected chi connectivity index (χ3v) is 5.36. The van der Waals surface area contributed by atoms with Gasteiger partial charge in [-0.3, -0.25) is 0 Å². The topological polar surface area (TPSA) is 23.5 Å². The molecule has 0 amide bonds. The van der Waals surface area contributed by atoms with Crippen molar-refractivity contribution < 1.29 is 5.11 Å². The van der Waals surface area contributed by atoms with E-state index in [4.69, 9.17) is 0 Å². The maximum Gasteiger partial charge on any atom is 0.0756 e. The van der Waals surface area contributed by atoms with Crippen LogP contribution in [0.3, 0.4) is 0 Å². The zero-order valence-electron chi connectivity index (χ0n) is 10.0. The van der Waals surface area contributed by atoms with Gasteiger partial charge < -0.3 is 10.0 Å². The molecule has 2 aliphatic rings. The minimum atomic E-state index is -0.147. The van der Waals surface area contributed by atoms with Crippen LogP contribution in [0.2, 0.25) is 0 Å². The molecule has 0 heterocycles. The molecule has 4 atom stereocenters. The number of hydrogen-bond donors (Lipinski definition) is 1. The molecule has 0 radical (unpaired) electrons. The molecule has 0 aromatic heterocycles. The van der Waals surface area contributed by atoms with Gasteiger partial charge in [0.05, 0.1) is 6.10 Å². The predicted octanol–water partition coefficient (Wildman–Crippen LogP) is 1.73. The van der Waals surface area contributed by atoms with Gasteiger partial charge in [0.1, 0.15) is 0 Å². The van der Waals surface area contributed by atoms with E-state index in [2.05, 4.69) is 39.8 Å². The second-order valence-electron chi connectivity index (χ2n) is 6.18. The SMILES string of the molecule is CN(C)[C@H]1[C@@H](O)[C@@]2(C)CC[C@@H]1C2(C)C. The van der Waals surface area contributed by atoms with Gasteiger partial charge in [0, 0.05) is 11.5 Å². The molecule has 1 N–H and O–H groups in total. The monoisotopic (exact) mass is 197 g/mol. The quantitative estimate of drug-likeness (QED) is 0.692. The average Bonchev–Trinajstić information content (AvgIpc) is 2.35. The molecule has 2 rings (SSSR count). The van der Waals surface area contributed by atoms with Gasteiger partial charge in [-0.1, -0.05) is 20.8 Å². The van der Waals surface area contributed by atoms with Crippen LogP contribution in [-0.4, -0.2) is 36.2 Å². The number of aliphatic hydroxyl groups is 1. The number of nitrogens with zero attached hydrogens (tertiary/aromatic N) is 1. The average molecular weight is 197 g/mol. The van der Waals surface area contributed by atoms with Crippen molar-refractivity contribution in [2.24, 2.45) is 16.7 Å². The van der Waals surface area contributed by atoms with E-state index in [1.54, 1.807) is 0 Å². The maximum atomic E-state index is 10.4. The first kappa shape index (κ1) is 10.4. The van der Waals surface area contributed by atoms with E-state index in [9.17, 15) is 5.11 Å². The lowest BCUT2D eigenvalue weighted by Gasteiger charge is -2.38. The van der Waals surface area contributed by atoms with Crippen molar-refractivity contribution in [3.8, 4) is 0 Å². The molecule has 0 aromatic rings. The molecule has 0 unspecified atom stereocenters. The molecule has 0 spiro atoms. The largest absolute Gasteiger partial charge is 0.391 e. The summed E-state index contributed by atoms with van der Waals surface area (Å²) in [5.74, 6) is 0.664. The van der Waals surface area contributed by atoms with Crippen molar-refractivity contribution >= 4 is 0 Å². The van der Waals surface area contributed by atoms with Crippen LogP contribution >= 0.6 is 0 Å². The summed E-state index contributed by atoms with van der Waals surface area (Å²) in [6.07, 6.45) is 2.32. The van der Waals surface area contributed by atoms with Crippen LogP contribution in [0.5, 0.6) is 0 Å². The summed E-state index contributed by atoms with van der Waals surface area (Å²) >= 11 is 0. The highest BCUT2D eigenvalue weighted by Crippen LogP contribution is 2.66. The Morgan fingerprint density at radius 2 is 1.79 bits per heavy atom. The van der Waals surface area contributed by atoms with Gasteiger partial charge in [0.15, 0.2) is 0 Å². The van der Waals surface area contributed by atoms with Gasteiger partial charge in [0.25, 0.3) is 0 Å². The van der Waals surface area contributed by atoms with Gasteiger partial charge in [-0.2, -0.15) is 0 Å². The Hall–Kier alpha value is -0.0800. The molecule has 14 heavy (non-hydrogen) atoms. The van der Waals surface area contributed by atoms with Crippen molar-refractivity contribution in [2.75, 3.05) is 14.1 Å². The normalized spacial score (nSPS) is 50.4. The molecule has 82 valence electrons. The summed E-state index contributed by atoms with van der Waals surface area (Å²) in [6, 6.07) is 0.365. The van der Waals surface area contributed by atoms with E-state index in [1.165, 1.54) is 12.8 Å². The zero-order chi connectivity index (χ0) is 10.7. The number of hydrogen-bond acceptors (Lipinski definition) is 2. The summed E-state index contributed by atoms with van der Waals surface area (Å²) in [4.78, 5) is 2.21. The molecule has 0 saturated heterocycles. The third-order valence-electron chi connectivity index (χ3n) is 5.36. The fourth-order valence-electron chi connectivity index (χ4n) is 3.93. The van der Waals surface area contributed by atoms with E-state index in [0.717, 1.165) is 0 Å². The van der Waals surface area contributed by atoms with Gasteiger partial charge in [-0.05, 0) is 38.3 Å². The van der Waals surface area contributed by atoms with Crippen LogP contribution in [-0.2, 0) is 0 Å². The molecule has 2 nitrogen and oxygen atoms in total. The maximum absolute atomic E-state index is 10.4. The van der Waals surface area contributed by atoms with E-state index in [-0.39, 0.29) is 11.5 Å². The number of fused-ring (bicyclic) bond motifs is 2. The molecular formula is C12H23NO. The van der Waals surface area contributed by atoms with Crippen molar-refractivity contribution in [3.05, 3.63) is 0 Å².